The van der Waals surface area contributed by atoms with E-state index in [2.05, 4.69) is 15.6 Å². The molecule has 0 fully saturated rings. The third kappa shape index (κ3) is 4.15. The number of nitrogens with zero attached hydrogens (tertiary/aromatic N) is 1. The van der Waals surface area contributed by atoms with Crippen LogP contribution in [-0.4, -0.2) is 16.0 Å². The number of carbonyl (C=O) groups is 1. The van der Waals surface area contributed by atoms with Gasteiger partial charge in [0.1, 0.15) is 5.52 Å². The Morgan fingerprint density at radius 1 is 1.19 bits per heavy atom. The summed E-state index contributed by atoms with van der Waals surface area (Å²) < 4.78 is 5.76. The third-order valence-corrected chi connectivity index (χ3v) is 4.33. The fraction of sp³-hybridized carbons (Fsp3) is 0.167. The highest BCUT2D eigenvalue weighted by molar-refractivity contribution is 7.80. The molecule has 3 rings (SSSR count). The summed E-state index contributed by atoms with van der Waals surface area (Å²) in [5.74, 6) is 0.0704. The van der Waals surface area contributed by atoms with Gasteiger partial charge in [0.25, 0.3) is 0 Å². The molecule has 8 heteroatoms. The van der Waals surface area contributed by atoms with Gasteiger partial charge in [-0.2, -0.15) is 0 Å². The van der Waals surface area contributed by atoms with Crippen LogP contribution in [0.15, 0.2) is 40.8 Å². The molecule has 1 heterocycles. The Bertz CT molecular complexity index is 1000. The number of carbonyl (C=O) groups excluding carboxylic acids is 1. The molecule has 2 N–H and O–H groups in total. The normalized spacial score (nSPS) is 11.0. The van der Waals surface area contributed by atoms with Gasteiger partial charge in [-0.15, -0.1) is 0 Å². The molecule has 0 atom stereocenters. The standard InChI is InChI=1S/C18H15Cl2N3O2S/c1-9(2)16(24)23-18(26)21-11-4-6-15-14(8-11)22-17(25-15)12-7-10(19)3-5-13(12)20/h3-9H,1-2H3,(H2,21,23,24,26). The van der Waals surface area contributed by atoms with E-state index in [9.17, 15) is 4.79 Å². The summed E-state index contributed by atoms with van der Waals surface area (Å²) in [6, 6.07) is 10.4. The fourth-order valence-electron chi connectivity index (χ4n) is 2.20. The van der Waals surface area contributed by atoms with Crippen molar-refractivity contribution in [2.45, 2.75) is 13.8 Å². The lowest BCUT2D eigenvalue weighted by Crippen LogP contribution is -2.36. The SMILES string of the molecule is CC(C)C(=O)NC(=S)Nc1ccc2oc(-c3cc(Cl)ccc3Cl)nc2c1. The summed E-state index contributed by atoms with van der Waals surface area (Å²) >= 11 is 17.4. The Balaban J connectivity index is 1.85. The van der Waals surface area contributed by atoms with Gasteiger partial charge in [0.2, 0.25) is 11.8 Å². The molecule has 3 aromatic rings. The number of hydrogen-bond acceptors (Lipinski definition) is 4. The number of amides is 1. The van der Waals surface area contributed by atoms with E-state index in [1.165, 1.54) is 0 Å². The van der Waals surface area contributed by atoms with Crippen LogP contribution in [-0.2, 0) is 4.79 Å². The van der Waals surface area contributed by atoms with E-state index in [-0.39, 0.29) is 16.9 Å². The molecule has 0 aliphatic rings. The minimum atomic E-state index is -0.155. The summed E-state index contributed by atoms with van der Waals surface area (Å²) in [5, 5.41) is 6.85. The van der Waals surface area contributed by atoms with Gasteiger partial charge < -0.3 is 15.1 Å². The summed E-state index contributed by atoms with van der Waals surface area (Å²) in [7, 11) is 0. The molecule has 0 saturated carbocycles. The number of rotatable bonds is 3. The van der Waals surface area contributed by atoms with E-state index in [0.29, 0.717) is 38.3 Å². The lowest BCUT2D eigenvalue weighted by molar-refractivity contribution is -0.122. The van der Waals surface area contributed by atoms with Gasteiger partial charge in [-0.05, 0) is 48.6 Å². The molecular weight excluding hydrogens is 393 g/mol. The topological polar surface area (TPSA) is 67.2 Å². The summed E-state index contributed by atoms with van der Waals surface area (Å²) in [6.07, 6.45) is 0. The van der Waals surface area contributed by atoms with E-state index < -0.39 is 0 Å². The predicted octanol–water partition coefficient (Wildman–Crippen LogP) is 5.27. The van der Waals surface area contributed by atoms with Gasteiger partial charge >= 0.3 is 0 Å². The van der Waals surface area contributed by atoms with E-state index in [4.69, 9.17) is 39.8 Å². The highest BCUT2D eigenvalue weighted by atomic mass is 35.5. The van der Waals surface area contributed by atoms with Crippen molar-refractivity contribution >= 4 is 63.2 Å². The lowest BCUT2D eigenvalue weighted by Gasteiger charge is -2.10. The molecule has 0 aliphatic heterocycles. The van der Waals surface area contributed by atoms with Gasteiger partial charge in [0.05, 0.1) is 10.6 Å². The summed E-state index contributed by atoms with van der Waals surface area (Å²) in [6.45, 7) is 3.59. The van der Waals surface area contributed by atoms with Crippen molar-refractivity contribution in [1.29, 1.82) is 0 Å². The van der Waals surface area contributed by atoms with Crippen LogP contribution >= 0.6 is 35.4 Å². The van der Waals surface area contributed by atoms with Crippen LogP contribution in [0.25, 0.3) is 22.6 Å². The summed E-state index contributed by atoms with van der Waals surface area (Å²) in [5.41, 5.74) is 2.52. The first-order chi connectivity index (χ1) is 12.3. The Hall–Kier alpha value is -2.15. The van der Waals surface area contributed by atoms with Crippen molar-refractivity contribution < 1.29 is 9.21 Å². The minimum Gasteiger partial charge on any atom is -0.436 e. The molecule has 0 aliphatic carbocycles. The van der Waals surface area contributed by atoms with Crippen LogP contribution in [0.5, 0.6) is 0 Å². The van der Waals surface area contributed by atoms with Crippen molar-refractivity contribution in [2.24, 2.45) is 5.92 Å². The average molecular weight is 408 g/mol. The Morgan fingerprint density at radius 2 is 1.96 bits per heavy atom. The van der Waals surface area contributed by atoms with Crippen molar-refractivity contribution in [3.8, 4) is 11.5 Å². The molecule has 0 spiro atoms. The molecule has 0 radical (unpaired) electrons. The van der Waals surface area contributed by atoms with Crippen LogP contribution < -0.4 is 10.6 Å². The molecule has 1 aromatic heterocycles. The first-order valence-corrected chi connectivity index (χ1v) is 8.98. The number of anilines is 1. The van der Waals surface area contributed by atoms with Crippen LogP contribution in [0.3, 0.4) is 0 Å². The predicted molar refractivity (Wildman–Crippen MR) is 109 cm³/mol. The van der Waals surface area contributed by atoms with Gasteiger partial charge in [0.15, 0.2) is 10.7 Å². The molecule has 2 aromatic carbocycles. The zero-order chi connectivity index (χ0) is 18.8. The number of fused-ring (bicyclic) bond motifs is 1. The molecule has 0 bridgehead atoms. The van der Waals surface area contributed by atoms with Crippen LogP contribution in [0, 0.1) is 5.92 Å². The fourth-order valence-corrected chi connectivity index (χ4v) is 2.79. The maximum Gasteiger partial charge on any atom is 0.228 e. The van der Waals surface area contributed by atoms with Gasteiger partial charge in [-0.3, -0.25) is 4.79 Å². The van der Waals surface area contributed by atoms with E-state index in [1.807, 2.05) is 0 Å². The van der Waals surface area contributed by atoms with Gasteiger partial charge in [0, 0.05) is 16.6 Å². The van der Waals surface area contributed by atoms with Crippen LogP contribution in [0.4, 0.5) is 5.69 Å². The Kier molecular flexibility index (Phi) is 5.46. The van der Waals surface area contributed by atoms with Crippen LogP contribution in [0.1, 0.15) is 13.8 Å². The van der Waals surface area contributed by atoms with E-state index >= 15 is 0 Å². The maximum atomic E-state index is 11.7. The molecule has 26 heavy (non-hydrogen) atoms. The smallest absolute Gasteiger partial charge is 0.228 e. The second kappa shape index (κ2) is 7.61. The number of thiocarbonyl (C=S) groups is 1. The molecule has 1 amide bonds. The molecular formula is C18H15Cl2N3O2S. The highest BCUT2D eigenvalue weighted by Gasteiger charge is 2.14. The molecule has 0 unspecified atom stereocenters. The molecule has 134 valence electrons. The first kappa shape index (κ1) is 18.6. The number of oxazole rings is 1. The average Bonchev–Trinajstić information content (AvgIpc) is 2.99. The zero-order valence-electron chi connectivity index (χ0n) is 14.0. The first-order valence-electron chi connectivity index (χ1n) is 7.81. The Labute approximate surface area is 165 Å². The second-order valence-corrected chi connectivity index (χ2v) is 7.18. The highest BCUT2D eigenvalue weighted by Crippen LogP contribution is 2.32. The quantitative estimate of drug-likeness (QED) is 0.578. The number of aromatic nitrogens is 1. The largest absolute Gasteiger partial charge is 0.436 e. The number of halogens is 2. The number of benzene rings is 2. The van der Waals surface area contributed by atoms with Crippen molar-refractivity contribution in [3.05, 3.63) is 46.4 Å². The molecule has 5 nitrogen and oxygen atoms in total. The minimum absolute atomic E-state index is 0.150. The van der Waals surface area contributed by atoms with E-state index in [1.54, 1.807) is 50.2 Å². The maximum absolute atomic E-state index is 11.7. The van der Waals surface area contributed by atoms with Crippen LogP contribution in [0.2, 0.25) is 10.0 Å². The number of nitrogens with one attached hydrogen (secondary N) is 2. The molecule has 0 saturated heterocycles. The third-order valence-electron chi connectivity index (χ3n) is 3.57. The van der Waals surface area contributed by atoms with E-state index in [0.717, 1.165) is 0 Å². The van der Waals surface area contributed by atoms with Gasteiger partial charge in [-0.1, -0.05) is 37.0 Å². The van der Waals surface area contributed by atoms with Crippen molar-refractivity contribution in [2.75, 3.05) is 5.32 Å². The van der Waals surface area contributed by atoms with Gasteiger partial charge in [-0.25, -0.2) is 4.98 Å². The second-order valence-electron chi connectivity index (χ2n) is 5.92. The zero-order valence-corrected chi connectivity index (χ0v) is 16.3. The van der Waals surface area contributed by atoms with Crippen molar-refractivity contribution in [3.63, 3.8) is 0 Å². The van der Waals surface area contributed by atoms with Crippen molar-refractivity contribution in [1.82, 2.24) is 10.3 Å². The number of hydrogen-bond donors (Lipinski definition) is 2. The lowest BCUT2D eigenvalue weighted by atomic mass is 10.2. The summed E-state index contributed by atoms with van der Waals surface area (Å²) in [4.78, 5) is 16.1. The Morgan fingerprint density at radius 3 is 2.69 bits per heavy atom. The monoisotopic (exact) mass is 407 g/mol.